The summed E-state index contributed by atoms with van der Waals surface area (Å²) < 4.78 is 13.6. The van der Waals surface area contributed by atoms with Gasteiger partial charge in [0, 0.05) is 13.2 Å². The molecule has 4 heteroatoms. The van der Waals surface area contributed by atoms with Gasteiger partial charge >= 0.3 is 0 Å². The summed E-state index contributed by atoms with van der Waals surface area (Å²) >= 11 is 0. The molecule has 1 aliphatic rings. The topological polar surface area (TPSA) is 49.5 Å². The van der Waals surface area contributed by atoms with Gasteiger partial charge in [-0.1, -0.05) is 17.9 Å². The molecular weight excluding hydrogens is 255 g/mol. The Balaban J connectivity index is 1.99. The van der Waals surface area contributed by atoms with E-state index in [1.165, 1.54) is 6.07 Å². The number of nitrogens with zero attached hydrogens (tertiary/aromatic N) is 1. The van der Waals surface area contributed by atoms with Crippen LogP contribution in [0.3, 0.4) is 0 Å². The first-order chi connectivity index (χ1) is 9.72. The van der Waals surface area contributed by atoms with Gasteiger partial charge in [0.1, 0.15) is 5.82 Å². The van der Waals surface area contributed by atoms with Gasteiger partial charge in [-0.15, -0.1) is 0 Å². The third kappa shape index (κ3) is 4.04. The highest BCUT2D eigenvalue weighted by Crippen LogP contribution is 2.19. The van der Waals surface area contributed by atoms with Crippen LogP contribution in [0.1, 0.15) is 24.0 Å². The van der Waals surface area contributed by atoms with Crippen LogP contribution in [-0.2, 0) is 6.54 Å². The van der Waals surface area contributed by atoms with Gasteiger partial charge in [0.15, 0.2) is 0 Å². The normalized spacial score (nSPS) is 16.8. The van der Waals surface area contributed by atoms with E-state index in [9.17, 15) is 4.39 Å². The quantitative estimate of drug-likeness (QED) is 0.819. The van der Waals surface area contributed by atoms with E-state index >= 15 is 0 Å². The number of aliphatic hydroxyl groups excluding tert-OH is 1. The first-order valence-corrected chi connectivity index (χ1v) is 7.03. The summed E-state index contributed by atoms with van der Waals surface area (Å²) in [6.07, 6.45) is 2.05. The zero-order valence-corrected chi connectivity index (χ0v) is 11.6. The fraction of sp³-hybridized carbons (Fsp3) is 0.500. The highest BCUT2D eigenvalue weighted by molar-refractivity contribution is 5.38. The van der Waals surface area contributed by atoms with Crippen LogP contribution in [0.25, 0.3) is 0 Å². The molecule has 1 saturated heterocycles. The van der Waals surface area contributed by atoms with E-state index in [0.717, 1.165) is 38.0 Å². The van der Waals surface area contributed by atoms with E-state index in [0.29, 0.717) is 11.5 Å². The van der Waals surface area contributed by atoms with E-state index < -0.39 is 0 Å². The van der Waals surface area contributed by atoms with E-state index in [1.54, 1.807) is 12.1 Å². The molecule has 1 aliphatic heterocycles. The molecule has 1 heterocycles. The Morgan fingerprint density at radius 3 is 2.75 bits per heavy atom. The van der Waals surface area contributed by atoms with Gasteiger partial charge < -0.3 is 10.8 Å². The van der Waals surface area contributed by atoms with Crippen LogP contribution in [0, 0.1) is 23.6 Å². The first-order valence-electron chi connectivity index (χ1n) is 7.03. The van der Waals surface area contributed by atoms with Gasteiger partial charge in [-0.3, -0.25) is 4.90 Å². The molecule has 0 spiro atoms. The fourth-order valence-corrected chi connectivity index (χ4v) is 2.50. The monoisotopic (exact) mass is 276 g/mol. The number of hydrogen-bond donors (Lipinski definition) is 2. The van der Waals surface area contributed by atoms with Gasteiger partial charge in [-0.05, 0) is 49.5 Å². The van der Waals surface area contributed by atoms with Crippen molar-refractivity contribution in [3.05, 3.63) is 35.1 Å². The molecule has 3 N–H and O–H groups in total. The molecule has 108 valence electrons. The van der Waals surface area contributed by atoms with Gasteiger partial charge in [-0.2, -0.15) is 0 Å². The Labute approximate surface area is 119 Å². The van der Waals surface area contributed by atoms with Crippen LogP contribution in [0.4, 0.5) is 4.39 Å². The van der Waals surface area contributed by atoms with Crippen molar-refractivity contribution in [1.82, 2.24) is 4.90 Å². The highest BCUT2D eigenvalue weighted by Gasteiger charge is 2.18. The van der Waals surface area contributed by atoms with E-state index in [4.69, 9.17) is 10.8 Å². The summed E-state index contributed by atoms with van der Waals surface area (Å²) in [6, 6.07) is 5.08. The zero-order valence-electron chi connectivity index (χ0n) is 11.6. The smallest absolute Gasteiger partial charge is 0.138 e. The Kier molecular flexibility index (Phi) is 5.54. The van der Waals surface area contributed by atoms with Crippen molar-refractivity contribution < 1.29 is 9.50 Å². The molecule has 0 aromatic heterocycles. The molecule has 0 bridgehead atoms. The summed E-state index contributed by atoms with van der Waals surface area (Å²) in [5.74, 6) is 5.59. The molecule has 0 radical (unpaired) electrons. The standard InChI is InChI=1S/C16H21FN2O/c17-16-4-3-14(10-15(16)2-1-7-18)11-19-8-5-13(12-20)6-9-19/h3-4,10,13,20H,5-9,11-12,18H2. The average molecular weight is 276 g/mol. The molecule has 2 rings (SSSR count). The lowest BCUT2D eigenvalue weighted by Gasteiger charge is -2.31. The second-order valence-corrected chi connectivity index (χ2v) is 5.22. The maximum Gasteiger partial charge on any atom is 0.138 e. The van der Waals surface area contributed by atoms with Crippen LogP contribution in [0.2, 0.25) is 0 Å². The van der Waals surface area contributed by atoms with E-state index in [2.05, 4.69) is 16.7 Å². The zero-order chi connectivity index (χ0) is 14.4. The first kappa shape index (κ1) is 15.0. The minimum Gasteiger partial charge on any atom is -0.396 e. The maximum atomic E-state index is 13.6. The molecular formula is C16H21FN2O. The van der Waals surface area contributed by atoms with Gasteiger partial charge in [0.2, 0.25) is 0 Å². The van der Waals surface area contributed by atoms with Gasteiger partial charge in [0.25, 0.3) is 0 Å². The lowest BCUT2D eigenvalue weighted by atomic mass is 9.97. The van der Waals surface area contributed by atoms with Crippen molar-refractivity contribution in [3.8, 4) is 11.8 Å². The van der Waals surface area contributed by atoms with Crippen LogP contribution in [-0.4, -0.2) is 36.2 Å². The molecule has 1 aromatic carbocycles. The SMILES string of the molecule is NCC#Cc1cc(CN2CCC(CO)CC2)ccc1F. The number of benzene rings is 1. The number of aliphatic hydroxyl groups is 1. The Bertz CT molecular complexity index is 499. The number of rotatable bonds is 3. The lowest BCUT2D eigenvalue weighted by Crippen LogP contribution is -2.34. The molecule has 0 amide bonds. The third-order valence-corrected chi connectivity index (χ3v) is 3.73. The second kappa shape index (κ2) is 7.39. The summed E-state index contributed by atoms with van der Waals surface area (Å²) in [5, 5.41) is 9.13. The van der Waals surface area contributed by atoms with Crippen LogP contribution in [0.15, 0.2) is 18.2 Å². The molecule has 1 aromatic rings. The van der Waals surface area contributed by atoms with Gasteiger partial charge in [0.05, 0.1) is 12.1 Å². The largest absolute Gasteiger partial charge is 0.396 e. The fourth-order valence-electron chi connectivity index (χ4n) is 2.50. The van der Waals surface area contributed by atoms with Crippen molar-refractivity contribution in [2.24, 2.45) is 11.7 Å². The maximum absolute atomic E-state index is 13.6. The summed E-state index contributed by atoms with van der Waals surface area (Å²) in [7, 11) is 0. The summed E-state index contributed by atoms with van der Waals surface area (Å²) in [4.78, 5) is 2.33. The molecule has 20 heavy (non-hydrogen) atoms. The molecule has 0 atom stereocenters. The predicted octanol–water partition coefficient (Wildman–Crippen LogP) is 1.34. The molecule has 1 fully saturated rings. The Morgan fingerprint density at radius 1 is 1.35 bits per heavy atom. The lowest BCUT2D eigenvalue weighted by molar-refractivity contribution is 0.127. The molecule has 0 unspecified atom stereocenters. The minimum absolute atomic E-state index is 0.234. The average Bonchev–Trinajstić information content (AvgIpc) is 2.48. The van der Waals surface area contributed by atoms with Crippen LogP contribution >= 0.6 is 0 Å². The molecule has 3 nitrogen and oxygen atoms in total. The van der Waals surface area contributed by atoms with Gasteiger partial charge in [-0.25, -0.2) is 4.39 Å². The minimum atomic E-state index is -0.298. The van der Waals surface area contributed by atoms with E-state index in [1.807, 2.05) is 0 Å². The summed E-state index contributed by atoms with van der Waals surface area (Å²) in [5.41, 5.74) is 6.80. The van der Waals surface area contributed by atoms with Crippen LogP contribution < -0.4 is 5.73 Å². The van der Waals surface area contributed by atoms with Crippen LogP contribution in [0.5, 0.6) is 0 Å². The number of piperidine rings is 1. The Hall–Kier alpha value is -1.41. The third-order valence-electron chi connectivity index (χ3n) is 3.73. The number of hydrogen-bond acceptors (Lipinski definition) is 3. The van der Waals surface area contributed by atoms with Crippen molar-refractivity contribution in [1.29, 1.82) is 0 Å². The van der Waals surface area contributed by atoms with Crippen molar-refractivity contribution in [3.63, 3.8) is 0 Å². The molecule has 0 aliphatic carbocycles. The number of nitrogens with two attached hydrogens (primary N) is 1. The van der Waals surface area contributed by atoms with E-state index in [-0.39, 0.29) is 19.0 Å². The van der Waals surface area contributed by atoms with Crippen molar-refractivity contribution in [2.75, 3.05) is 26.2 Å². The number of halogens is 1. The Morgan fingerprint density at radius 2 is 2.10 bits per heavy atom. The number of likely N-dealkylation sites (tertiary alicyclic amines) is 1. The van der Waals surface area contributed by atoms with Crippen molar-refractivity contribution in [2.45, 2.75) is 19.4 Å². The second-order valence-electron chi connectivity index (χ2n) is 5.22. The molecule has 0 saturated carbocycles. The summed E-state index contributed by atoms with van der Waals surface area (Å²) in [6.45, 7) is 3.27. The highest BCUT2D eigenvalue weighted by atomic mass is 19.1. The van der Waals surface area contributed by atoms with Crippen molar-refractivity contribution >= 4 is 0 Å². The predicted molar refractivity (Wildman–Crippen MR) is 77.4 cm³/mol.